The minimum absolute atomic E-state index is 0.0330. The summed E-state index contributed by atoms with van der Waals surface area (Å²) in [5, 5.41) is 6.00. The van der Waals surface area contributed by atoms with Crippen molar-refractivity contribution in [3.8, 4) is 0 Å². The quantitative estimate of drug-likeness (QED) is 0.432. The summed E-state index contributed by atoms with van der Waals surface area (Å²) in [4.78, 5) is 8.00. The Morgan fingerprint density at radius 1 is 1.19 bits per heavy atom. The van der Waals surface area contributed by atoms with Gasteiger partial charge in [-0.25, -0.2) is 0 Å². The van der Waals surface area contributed by atoms with Gasteiger partial charge in [-0.05, 0) is 41.3 Å². The van der Waals surface area contributed by atoms with Crippen LogP contribution in [0.3, 0.4) is 0 Å². The Bertz CT molecular complexity index is 1220. The van der Waals surface area contributed by atoms with Gasteiger partial charge in [0.1, 0.15) is 11.2 Å². The van der Waals surface area contributed by atoms with Crippen LogP contribution in [0.15, 0.2) is 64.2 Å². The van der Waals surface area contributed by atoms with Crippen molar-refractivity contribution < 1.29 is 8.42 Å². The predicted octanol–water partition coefficient (Wildman–Crippen LogP) is 3.46. The molecule has 0 spiro atoms. The molecule has 1 fully saturated rings. The zero-order valence-corrected chi connectivity index (χ0v) is 18.9. The van der Waals surface area contributed by atoms with E-state index < -0.39 is 10.0 Å². The second-order valence-electron chi connectivity index (χ2n) is 7.90. The number of anilines is 1. The number of hydrogen-bond acceptors (Lipinski definition) is 5. The van der Waals surface area contributed by atoms with Gasteiger partial charge in [-0.15, -0.1) is 4.40 Å². The van der Waals surface area contributed by atoms with Crippen LogP contribution >= 0.6 is 11.6 Å². The molecule has 7 nitrogen and oxygen atoms in total. The van der Waals surface area contributed by atoms with Crippen molar-refractivity contribution in [3.05, 3.63) is 65.4 Å². The van der Waals surface area contributed by atoms with E-state index >= 15 is 0 Å². The molecule has 1 aromatic heterocycles. The number of nitrogens with zero attached hydrogens (tertiary/aromatic N) is 4. The van der Waals surface area contributed by atoms with Crippen LogP contribution in [0, 0.1) is 0 Å². The maximum absolute atomic E-state index is 12.5. The van der Waals surface area contributed by atoms with Gasteiger partial charge >= 0.3 is 0 Å². The van der Waals surface area contributed by atoms with E-state index in [2.05, 4.69) is 37.8 Å². The fourth-order valence-electron chi connectivity index (χ4n) is 3.51. The fourth-order valence-corrected chi connectivity index (χ4v) is 4.97. The van der Waals surface area contributed by atoms with Gasteiger partial charge in [0.15, 0.2) is 0 Å². The number of sulfonamides is 1. The van der Waals surface area contributed by atoms with Crippen LogP contribution < -0.4 is 5.32 Å². The number of halogens is 1. The second kappa shape index (κ2) is 8.82. The molecule has 4 rings (SSSR count). The zero-order chi connectivity index (χ0) is 22.0. The van der Waals surface area contributed by atoms with E-state index in [1.165, 1.54) is 6.34 Å². The molecule has 31 heavy (non-hydrogen) atoms. The highest BCUT2D eigenvalue weighted by Crippen LogP contribution is 2.26. The molecule has 0 radical (unpaired) electrons. The predicted molar refractivity (Wildman–Crippen MR) is 125 cm³/mol. The Morgan fingerprint density at radius 2 is 2.00 bits per heavy atom. The molecule has 0 atom stereocenters. The lowest BCUT2D eigenvalue weighted by atomic mass is 10.1. The first kappa shape index (κ1) is 21.5. The molecule has 0 aliphatic carbocycles. The number of aromatic nitrogens is 1. The summed E-state index contributed by atoms with van der Waals surface area (Å²) in [6.07, 6.45) is 4.91. The van der Waals surface area contributed by atoms with E-state index in [9.17, 15) is 8.42 Å². The van der Waals surface area contributed by atoms with Crippen LogP contribution in [0.25, 0.3) is 10.8 Å². The molecule has 1 saturated heterocycles. The van der Waals surface area contributed by atoms with E-state index in [1.807, 2.05) is 18.3 Å². The first-order valence-corrected chi connectivity index (χ1v) is 11.7. The van der Waals surface area contributed by atoms with Crippen LogP contribution in [0.1, 0.15) is 5.56 Å². The molecule has 3 aromatic rings. The number of nitrogens with one attached hydrogen (secondary N) is 1. The Hall–Kier alpha value is -2.68. The molecule has 1 aliphatic heterocycles. The fraction of sp³-hybridized carbons (Fsp3) is 0.273. The molecule has 0 unspecified atom stereocenters. The van der Waals surface area contributed by atoms with Gasteiger partial charge in [-0.3, -0.25) is 9.88 Å². The van der Waals surface area contributed by atoms with Gasteiger partial charge in [-0.1, -0.05) is 23.7 Å². The Morgan fingerprint density at radius 3 is 2.77 bits per heavy atom. The van der Waals surface area contributed by atoms with Crippen molar-refractivity contribution in [1.82, 2.24) is 14.8 Å². The summed E-state index contributed by atoms with van der Waals surface area (Å²) in [6.45, 7) is 2.40. The molecule has 162 valence electrons. The van der Waals surface area contributed by atoms with Crippen LogP contribution in [0.4, 0.5) is 5.69 Å². The van der Waals surface area contributed by atoms with Gasteiger partial charge in [0.25, 0.3) is 10.0 Å². The minimum Gasteiger partial charge on any atom is -0.380 e. The van der Waals surface area contributed by atoms with Crippen molar-refractivity contribution in [2.45, 2.75) is 17.5 Å². The smallest absolute Gasteiger partial charge is 0.285 e. The number of fused-ring (bicyclic) bond motifs is 1. The van der Waals surface area contributed by atoms with Crippen molar-refractivity contribution in [2.75, 3.05) is 32.5 Å². The molecule has 2 aromatic carbocycles. The first-order chi connectivity index (χ1) is 14.8. The molecule has 0 bridgehead atoms. The molecule has 2 heterocycles. The first-order valence-electron chi connectivity index (χ1n) is 9.88. The lowest BCUT2D eigenvalue weighted by Gasteiger charge is -2.40. The maximum atomic E-state index is 12.5. The molecule has 9 heteroatoms. The maximum Gasteiger partial charge on any atom is 0.285 e. The average molecular weight is 458 g/mol. The summed E-state index contributed by atoms with van der Waals surface area (Å²) < 4.78 is 28.7. The van der Waals surface area contributed by atoms with Crippen molar-refractivity contribution in [3.63, 3.8) is 0 Å². The lowest BCUT2D eigenvalue weighted by Crippen LogP contribution is -2.54. The highest BCUT2D eigenvalue weighted by Gasteiger charge is 2.27. The number of pyridine rings is 1. The van der Waals surface area contributed by atoms with Crippen LogP contribution in [0.2, 0.25) is 5.02 Å². The minimum atomic E-state index is -3.84. The normalized spacial score (nSPS) is 15.3. The van der Waals surface area contributed by atoms with Gasteiger partial charge in [0.2, 0.25) is 0 Å². The highest BCUT2D eigenvalue weighted by molar-refractivity contribution is 7.90. The highest BCUT2D eigenvalue weighted by atomic mass is 35.5. The van der Waals surface area contributed by atoms with Gasteiger partial charge < -0.3 is 10.2 Å². The monoisotopic (exact) mass is 457 g/mol. The van der Waals surface area contributed by atoms with Gasteiger partial charge in [0, 0.05) is 57.2 Å². The van der Waals surface area contributed by atoms with Crippen LogP contribution in [-0.4, -0.2) is 62.8 Å². The molecule has 0 amide bonds. The summed E-state index contributed by atoms with van der Waals surface area (Å²) in [7, 11) is -0.424. The van der Waals surface area contributed by atoms with E-state index in [1.54, 1.807) is 37.3 Å². The van der Waals surface area contributed by atoms with Crippen molar-refractivity contribution in [2.24, 2.45) is 4.40 Å². The number of likely N-dealkylation sites (tertiary alicyclic amines) is 1. The SMILES string of the molecule is CN(C)/C=N/S(=O)(=O)c1cc(CN2CC(Nc3ccc4cnccc4c3)C2)ccc1Cl. The number of hydrogen-bond donors (Lipinski definition) is 1. The van der Waals surface area contributed by atoms with E-state index in [0.717, 1.165) is 35.1 Å². The van der Waals surface area contributed by atoms with E-state index in [0.29, 0.717) is 12.6 Å². The van der Waals surface area contributed by atoms with Crippen LogP contribution in [-0.2, 0) is 16.6 Å². The van der Waals surface area contributed by atoms with Crippen molar-refractivity contribution >= 4 is 44.4 Å². The third kappa shape index (κ3) is 5.15. The number of rotatable bonds is 7. The van der Waals surface area contributed by atoms with E-state index in [4.69, 9.17) is 11.6 Å². The number of benzene rings is 2. The molecular weight excluding hydrogens is 434 g/mol. The second-order valence-corrected chi connectivity index (χ2v) is 9.91. The summed E-state index contributed by atoms with van der Waals surface area (Å²) >= 11 is 6.14. The van der Waals surface area contributed by atoms with Gasteiger partial charge in [-0.2, -0.15) is 8.42 Å². The lowest BCUT2D eigenvalue weighted by molar-refractivity contribution is 0.153. The van der Waals surface area contributed by atoms with Crippen LogP contribution in [0.5, 0.6) is 0 Å². The topological polar surface area (TPSA) is 77.9 Å². The third-order valence-corrected chi connectivity index (χ3v) is 6.77. The summed E-state index contributed by atoms with van der Waals surface area (Å²) in [5.41, 5.74) is 1.97. The standard InChI is InChI=1S/C22H24ClN5O2S/c1-27(2)15-25-31(29,30)22-9-16(3-6-21(22)23)12-28-13-20(14-28)26-19-5-4-18-11-24-8-7-17(18)10-19/h3-11,15,20,26H,12-14H2,1-2H3/b25-15+. The Balaban J connectivity index is 1.38. The van der Waals surface area contributed by atoms with Crippen molar-refractivity contribution in [1.29, 1.82) is 0 Å². The summed E-state index contributed by atoms with van der Waals surface area (Å²) in [5.74, 6) is 0. The third-order valence-electron chi connectivity index (χ3n) is 5.07. The zero-order valence-electron chi connectivity index (χ0n) is 17.4. The molecule has 0 saturated carbocycles. The van der Waals surface area contributed by atoms with Gasteiger partial charge in [0.05, 0.1) is 11.1 Å². The summed E-state index contributed by atoms with van der Waals surface area (Å²) in [6, 6.07) is 13.7. The molecule has 1 aliphatic rings. The largest absolute Gasteiger partial charge is 0.380 e. The molecule has 1 N–H and O–H groups in total. The van der Waals surface area contributed by atoms with E-state index in [-0.39, 0.29) is 9.92 Å². The average Bonchev–Trinajstić information content (AvgIpc) is 2.72. The molecular formula is C22H24ClN5O2S. The Labute approximate surface area is 187 Å². The Kier molecular flexibility index (Phi) is 6.13.